The quantitative estimate of drug-likeness (QED) is 0.0501. The number of benzene rings is 5. The molecule has 19 nitrogen and oxygen atoms in total. The van der Waals surface area contributed by atoms with Crippen LogP contribution < -0.4 is 29.5 Å². The Morgan fingerprint density at radius 2 is 0.959 bits per heavy atom. The number of nitrogens with one attached hydrogen (secondary N) is 3. The van der Waals surface area contributed by atoms with Gasteiger partial charge in [-0.25, -0.2) is 23.5 Å². The minimum Gasteiger partial charge on any atom is -0.445 e. The van der Waals surface area contributed by atoms with E-state index in [0.29, 0.717) is 50.2 Å². The SMILES string of the molecule is CC(NC(=O)OCc1ccccc1)C(=O)N1CCCC1P(=O)(O)Oc1ccccc1.CC(NC(=O)OCc1ccccc1)C(=O)N1CCCC1P(=O)(Oc1ccccc1)Oc1ccc(NC(=O)OC(C)(C)C)cc1. The number of nitrogens with zero attached hydrogens (tertiary/aromatic N) is 2. The lowest BCUT2D eigenvalue weighted by molar-refractivity contribution is -0.133. The second-order valence-electron chi connectivity index (χ2n) is 18.3. The molecule has 0 aromatic heterocycles. The number of hydrogen-bond donors (Lipinski definition) is 4. The Hall–Kier alpha value is -7.33. The van der Waals surface area contributed by atoms with Gasteiger partial charge in [0.2, 0.25) is 11.8 Å². The van der Waals surface area contributed by atoms with Gasteiger partial charge in [0.25, 0.3) is 0 Å². The third kappa shape index (κ3) is 16.9. The third-order valence-electron chi connectivity index (χ3n) is 11.3. The van der Waals surface area contributed by atoms with Crippen molar-refractivity contribution in [1.29, 1.82) is 0 Å². The van der Waals surface area contributed by atoms with Crippen molar-refractivity contribution < 1.29 is 65.8 Å². The molecule has 0 bridgehead atoms. The first-order chi connectivity index (χ1) is 35.3. The van der Waals surface area contributed by atoms with Gasteiger partial charge in [-0.15, -0.1) is 0 Å². The summed E-state index contributed by atoms with van der Waals surface area (Å²) >= 11 is 0. The van der Waals surface area contributed by atoms with Crippen molar-refractivity contribution in [3.05, 3.63) is 157 Å². The van der Waals surface area contributed by atoms with Gasteiger partial charge in [0.1, 0.15) is 53.9 Å². The first-order valence-corrected chi connectivity index (χ1v) is 27.3. The fourth-order valence-corrected chi connectivity index (χ4v) is 11.6. The molecule has 6 atom stereocenters. The summed E-state index contributed by atoms with van der Waals surface area (Å²) in [5.74, 6) is -1.99. The Morgan fingerprint density at radius 1 is 0.568 bits per heavy atom. The average molecular weight is 1060 g/mol. The maximum atomic E-state index is 14.6. The molecular formula is C53H63N5O14P2. The number of likely N-dealkylation sites (tertiary alicyclic amines) is 2. The van der Waals surface area contributed by atoms with E-state index in [1.165, 1.54) is 16.7 Å². The second kappa shape index (κ2) is 26.1. The molecule has 0 aliphatic carbocycles. The van der Waals surface area contributed by atoms with Gasteiger partial charge in [0.15, 0.2) is 5.78 Å². The van der Waals surface area contributed by atoms with E-state index in [1.54, 1.807) is 113 Å². The number of amides is 5. The van der Waals surface area contributed by atoms with Crippen LogP contribution in [0.1, 0.15) is 71.4 Å². The summed E-state index contributed by atoms with van der Waals surface area (Å²) in [6.07, 6.45) is -0.253. The van der Waals surface area contributed by atoms with Crippen molar-refractivity contribution in [2.45, 2.75) is 103 Å². The summed E-state index contributed by atoms with van der Waals surface area (Å²) < 4.78 is 60.4. The van der Waals surface area contributed by atoms with Gasteiger partial charge in [-0.2, -0.15) is 0 Å². The highest BCUT2D eigenvalue weighted by Crippen LogP contribution is 2.57. The topological polar surface area (TPSA) is 238 Å². The minimum absolute atomic E-state index is 0.0555. The van der Waals surface area contributed by atoms with Crippen LogP contribution in [-0.4, -0.2) is 87.1 Å². The number of hydrogen-bond acceptors (Lipinski definition) is 13. The number of alkyl carbamates (subject to hydrolysis) is 2. The van der Waals surface area contributed by atoms with Crippen LogP contribution in [0.3, 0.4) is 0 Å². The number of para-hydroxylation sites is 2. The van der Waals surface area contributed by atoms with E-state index in [2.05, 4.69) is 16.0 Å². The van der Waals surface area contributed by atoms with Crippen molar-refractivity contribution in [3.63, 3.8) is 0 Å². The average Bonchev–Trinajstić information content (AvgIpc) is 4.09. The monoisotopic (exact) mass is 1060 g/mol. The van der Waals surface area contributed by atoms with Crippen LogP contribution in [0.2, 0.25) is 0 Å². The van der Waals surface area contributed by atoms with Gasteiger partial charge in [-0.3, -0.25) is 14.9 Å². The highest BCUT2D eigenvalue weighted by Gasteiger charge is 2.49. The molecule has 5 aromatic carbocycles. The summed E-state index contributed by atoms with van der Waals surface area (Å²) in [6.45, 7) is 9.11. The molecule has 5 amide bonds. The molecular weight excluding hydrogens is 993 g/mol. The van der Waals surface area contributed by atoms with E-state index >= 15 is 0 Å². The first-order valence-electron chi connectivity index (χ1n) is 24.0. The first kappa shape index (κ1) is 56.0. The van der Waals surface area contributed by atoms with Gasteiger partial charge >= 0.3 is 33.5 Å². The fourth-order valence-electron chi connectivity index (χ4n) is 7.81. The van der Waals surface area contributed by atoms with Crippen molar-refractivity contribution in [1.82, 2.24) is 20.4 Å². The Labute approximate surface area is 430 Å². The Morgan fingerprint density at radius 3 is 1.41 bits per heavy atom. The predicted octanol–water partition coefficient (Wildman–Crippen LogP) is 10.5. The van der Waals surface area contributed by atoms with E-state index < -0.39 is 74.5 Å². The molecule has 6 unspecified atom stereocenters. The summed E-state index contributed by atoms with van der Waals surface area (Å²) in [5.41, 5.74) is 1.42. The third-order valence-corrected chi connectivity index (χ3v) is 15.2. The predicted molar refractivity (Wildman–Crippen MR) is 276 cm³/mol. The zero-order chi connectivity index (χ0) is 53.3. The van der Waals surface area contributed by atoms with Gasteiger partial charge in [0, 0.05) is 18.8 Å². The van der Waals surface area contributed by atoms with E-state index in [-0.39, 0.29) is 24.7 Å². The molecule has 0 spiro atoms. The molecule has 4 N–H and O–H groups in total. The van der Waals surface area contributed by atoms with E-state index in [9.17, 15) is 38.0 Å². The second-order valence-corrected chi connectivity index (χ2v) is 22.3. The fraction of sp³-hybridized carbons (Fsp3) is 0.340. The highest BCUT2D eigenvalue weighted by atomic mass is 31.2. The van der Waals surface area contributed by atoms with Crippen LogP contribution in [0.5, 0.6) is 17.2 Å². The summed E-state index contributed by atoms with van der Waals surface area (Å²) in [4.78, 5) is 76.2. The molecule has 2 aliphatic heterocycles. The Bertz CT molecular complexity index is 2740. The molecule has 2 heterocycles. The van der Waals surface area contributed by atoms with Crippen LogP contribution in [-0.2, 0) is 46.1 Å². The van der Waals surface area contributed by atoms with Crippen molar-refractivity contribution >= 4 is 51.0 Å². The van der Waals surface area contributed by atoms with E-state index in [0.717, 1.165) is 11.1 Å². The molecule has 2 saturated heterocycles. The van der Waals surface area contributed by atoms with Crippen LogP contribution in [0.25, 0.3) is 0 Å². The molecule has 21 heteroatoms. The lowest BCUT2D eigenvalue weighted by atomic mass is 10.2. The summed E-state index contributed by atoms with van der Waals surface area (Å²) in [6, 6.07) is 39.6. The van der Waals surface area contributed by atoms with Crippen LogP contribution in [0.15, 0.2) is 146 Å². The molecule has 7 rings (SSSR count). The lowest BCUT2D eigenvalue weighted by Gasteiger charge is -2.32. The number of anilines is 1. The summed E-state index contributed by atoms with van der Waals surface area (Å²) in [5, 5.41) is 7.69. The smallest absolute Gasteiger partial charge is 0.445 e. The van der Waals surface area contributed by atoms with Crippen LogP contribution in [0, 0.1) is 0 Å². The van der Waals surface area contributed by atoms with Crippen molar-refractivity contribution in [3.8, 4) is 17.2 Å². The highest BCUT2D eigenvalue weighted by molar-refractivity contribution is 7.55. The van der Waals surface area contributed by atoms with Crippen molar-refractivity contribution in [2.24, 2.45) is 0 Å². The zero-order valence-electron chi connectivity index (χ0n) is 41.9. The van der Waals surface area contributed by atoms with Gasteiger partial charge < -0.3 is 53.1 Å². The molecule has 0 saturated carbocycles. The Balaban J connectivity index is 0.000000259. The van der Waals surface area contributed by atoms with Crippen molar-refractivity contribution in [2.75, 3.05) is 18.4 Å². The Kier molecular flexibility index (Phi) is 19.7. The number of carbonyl (C=O) groups is 5. The van der Waals surface area contributed by atoms with Crippen LogP contribution >= 0.6 is 15.2 Å². The number of rotatable bonds is 17. The van der Waals surface area contributed by atoms with Gasteiger partial charge in [-0.1, -0.05) is 97.1 Å². The minimum atomic E-state index is -4.14. The molecule has 2 fully saturated rings. The molecule has 394 valence electrons. The maximum absolute atomic E-state index is 14.6. The number of ether oxygens (including phenoxy) is 3. The van der Waals surface area contributed by atoms with E-state index in [1.807, 2.05) is 60.7 Å². The van der Waals surface area contributed by atoms with Gasteiger partial charge in [-0.05, 0) is 120 Å². The zero-order valence-corrected chi connectivity index (χ0v) is 43.7. The van der Waals surface area contributed by atoms with E-state index in [4.69, 9.17) is 27.8 Å². The van der Waals surface area contributed by atoms with Crippen LogP contribution in [0.4, 0.5) is 20.1 Å². The summed E-state index contributed by atoms with van der Waals surface area (Å²) in [7, 11) is -8.21. The molecule has 5 aromatic rings. The number of carbonyl (C=O) groups excluding carboxylic acids is 5. The molecule has 0 radical (unpaired) electrons. The molecule has 2 aliphatic rings. The largest absolute Gasteiger partial charge is 0.453 e. The maximum Gasteiger partial charge on any atom is 0.453 e. The standard InChI is InChI=1S/C32H38N3O8P.C21H25N2O6P/c1-23(33-30(37)40-22-24-12-7-5-8-13-24)29(36)35-21-11-16-28(35)44(39,42-26-14-9-6-10-15-26)43-27-19-17-25(18-20-27)34-31(38)41-32(2,3)4;1-16(22-21(25)28-15-17-9-4-2-5-10-17)20(24)23-14-8-13-19(23)30(26,27)29-18-11-6-3-7-12-18/h5-10,12-15,17-20,23,28H,11,16,21-22H2,1-4H3,(H,33,37)(H,34,38);2-7,9-12,16,19H,8,13-15H2,1H3,(H,22,25)(H,26,27). The normalized spacial score (nSPS) is 17.5. The lowest BCUT2D eigenvalue weighted by Crippen LogP contribution is -2.49. The molecule has 74 heavy (non-hydrogen) atoms. The van der Waals surface area contributed by atoms with Gasteiger partial charge in [0.05, 0.1) is 0 Å².